The van der Waals surface area contributed by atoms with Crippen molar-refractivity contribution in [2.45, 2.75) is 57.2 Å². The lowest BCUT2D eigenvalue weighted by molar-refractivity contribution is -0.137. The maximum Gasteiger partial charge on any atom is 0.416 e. The molecule has 4 rings (SSSR count). The fourth-order valence-corrected chi connectivity index (χ4v) is 5.22. The molecule has 1 saturated carbocycles. The molecule has 2 fully saturated rings. The van der Waals surface area contributed by atoms with Crippen molar-refractivity contribution in [2.24, 2.45) is 11.8 Å². The van der Waals surface area contributed by atoms with Crippen LogP contribution in [-0.4, -0.2) is 29.1 Å². The highest BCUT2D eigenvalue weighted by atomic mass is 79.9. The van der Waals surface area contributed by atoms with E-state index < -0.39 is 11.7 Å². The highest BCUT2D eigenvalue weighted by Crippen LogP contribution is 2.36. The van der Waals surface area contributed by atoms with E-state index in [2.05, 4.69) is 36.1 Å². The standard InChI is InChI=1S/C23H28BrF3N4/c24-19-13-28-22(29-14-19)30-21-6-2-1-5-17(21)12-16-4-3-11-31(15-16)20-9-7-18(8-10-20)23(25,26)27/h7-10,13-14,16-17,21H,1-6,11-12,15H2,(H,28,29,30)/t16-,17+,21-/m1/s1. The van der Waals surface area contributed by atoms with Crippen molar-refractivity contribution >= 4 is 27.6 Å². The summed E-state index contributed by atoms with van der Waals surface area (Å²) in [5.74, 6) is 1.79. The second-order valence-electron chi connectivity index (χ2n) is 8.75. The number of benzene rings is 1. The Labute approximate surface area is 189 Å². The predicted octanol–water partition coefficient (Wildman–Crippen LogP) is 6.54. The molecule has 31 heavy (non-hydrogen) atoms. The van der Waals surface area contributed by atoms with Crippen LogP contribution in [0.3, 0.4) is 0 Å². The van der Waals surface area contributed by atoms with E-state index in [0.29, 0.717) is 23.8 Å². The van der Waals surface area contributed by atoms with Gasteiger partial charge in [0.15, 0.2) is 0 Å². The summed E-state index contributed by atoms with van der Waals surface area (Å²) in [5.41, 5.74) is 0.301. The molecule has 168 valence electrons. The zero-order valence-corrected chi connectivity index (χ0v) is 19.0. The van der Waals surface area contributed by atoms with Crippen molar-refractivity contribution in [3.05, 3.63) is 46.7 Å². The Bertz CT molecular complexity index is 841. The van der Waals surface area contributed by atoms with Gasteiger partial charge in [0, 0.05) is 37.2 Å². The number of anilines is 2. The van der Waals surface area contributed by atoms with E-state index >= 15 is 0 Å². The van der Waals surface area contributed by atoms with E-state index in [1.54, 1.807) is 24.5 Å². The topological polar surface area (TPSA) is 41.0 Å². The summed E-state index contributed by atoms with van der Waals surface area (Å²) in [7, 11) is 0. The first-order chi connectivity index (χ1) is 14.9. The zero-order chi connectivity index (χ0) is 21.8. The van der Waals surface area contributed by atoms with Gasteiger partial charge >= 0.3 is 6.18 Å². The van der Waals surface area contributed by atoms with Crippen LogP contribution in [0, 0.1) is 11.8 Å². The van der Waals surface area contributed by atoms with Crippen molar-refractivity contribution < 1.29 is 13.2 Å². The van der Waals surface area contributed by atoms with Crippen LogP contribution in [0.2, 0.25) is 0 Å². The lowest BCUT2D eigenvalue weighted by Gasteiger charge is -2.39. The molecular weight excluding hydrogens is 469 g/mol. The smallest absolute Gasteiger partial charge is 0.371 e. The molecule has 8 heteroatoms. The second-order valence-corrected chi connectivity index (χ2v) is 9.67. The van der Waals surface area contributed by atoms with Crippen LogP contribution >= 0.6 is 15.9 Å². The van der Waals surface area contributed by atoms with Gasteiger partial charge in [-0.1, -0.05) is 12.8 Å². The van der Waals surface area contributed by atoms with Crippen LogP contribution in [0.4, 0.5) is 24.8 Å². The average molecular weight is 497 g/mol. The molecule has 1 aromatic carbocycles. The number of nitrogens with zero attached hydrogens (tertiary/aromatic N) is 3. The van der Waals surface area contributed by atoms with Gasteiger partial charge < -0.3 is 10.2 Å². The van der Waals surface area contributed by atoms with Gasteiger partial charge in [0.25, 0.3) is 0 Å². The van der Waals surface area contributed by atoms with Crippen LogP contribution in [-0.2, 0) is 6.18 Å². The molecule has 2 aliphatic rings. The molecule has 0 unspecified atom stereocenters. The van der Waals surface area contributed by atoms with E-state index in [0.717, 1.165) is 42.5 Å². The number of halogens is 4. The van der Waals surface area contributed by atoms with Gasteiger partial charge in [-0.25, -0.2) is 9.97 Å². The summed E-state index contributed by atoms with van der Waals surface area (Å²) in [4.78, 5) is 11.0. The summed E-state index contributed by atoms with van der Waals surface area (Å²) in [6.07, 6.45) is 7.40. The second kappa shape index (κ2) is 9.76. The molecule has 1 saturated heterocycles. The molecular formula is C23H28BrF3N4. The van der Waals surface area contributed by atoms with Crippen LogP contribution in [0.5, 0.6) is 0 Å². The molecule has 1 N–H and O–H groups in total. The van der Waals surface area contributed by atoms with Crippen LogP contribution in [0.25, 0.3) is 0 Å². The number of alkyl halides is 3. The SMILES string of the molecule is FC(F)(F)c1ccc(N2CCC[C@H](C[C@@H]3CCCC[C@H]3Nc3ncc(Br)cn3)C2)cc1. The fourth-order valence-electron chi connectivity index (χ4n) is 5.01. The van der Waals surface area contributed by atoms with Gasteiger partial charge in [-0.2, -0.15) is 13.2 Å². The van der Waals surface area contributed by atoms with Gasteiger partial charge in [0.1, 0.15) is 0 Å². The third kappa shape index (κ3) is 5.90. The van der Waals surface area contributed by atoms with Crippen molar-refractivity contribution in [3.63, 3.8) is 0 Å². The maximum absolute atomic E-state index is 12.9. The number of hydrogen-bond acceptors (Lipinski definition) is 4. The normalized spacial score (nSPS) is 24.8. The minimum Gasteiger partial charge on any atom is -0.371 e. The molecule has 2 heterocycles. The van der Waals surface area contributed by atoms with Gasteiger partial charge in [0.05, 0.1) is 10.0 Å². The Morgan fingerprint density at radius 1 is 1.00 bits per heavy atom. The highest BCUT2D eigenvalue weighted by molar-refractivity contribution is 9.10. The van der Waals surface area contributed by atoms with Crippen molar-refractivity contribution in [3.8, 4) is 0 Å². The van der Waals surface area contributed by atoms with Crippen molar-refractivity contribution in [1.82, 2.24) is 9.97 Å². The first-order valence-corrected chi connectivity index (χ1v) is 11.8. The fraction of sp³-hybridized carbons (Fsp3) is 0.565. The quantitative estimate of drug-likeness (QED) is 0.510. The molecule has 0 radical (unpaired) electrons. The lowest BCUT2D eigenvalue weighted by Crippen LogP contribution is -2.39. The maximum atomic E-state index is 12.9. The third-order valence-electron chi connectivity index (χ3n) is 6.56. The van der Waals surface area contributed by atoms with Crippen molar-refractivity contribution in [2.75, 3.05) is 23.3 Å². The molecule has 2 aromatic rings. The van der Waals surface area contributed by atoms with E-state index in [9.17, 15) is 13.2 Å². The van der Waals surface area contributed by atoms with E-state index in [-0.39, 0.29) is 0 Å². The van der Waals surface area contributed by atoms with Crippen LogP contribution in [0.1, 0.15) is 50.5 Å². The largest absolute Gasteiger partial charge is 0.416 e. The first kappa shape index (κ1) is 22.4. The minimum atomic E-state index is -4.29. The van der Waals surface area contributed by atoms with Gasteiger partial charge in [0.2, 0.25) is 5.95 Å². The molecule has 1 aliphatic heterocycles. The molecule has 0 bridgehead atoms. The Morgan fingerprint density at radius 2 is 1.71 bits per heavy atom. The minimum absolute atomic E-state index is 0.372. The van der Waals surface area contributed by atoms with E-state index in [1.807, 2.05) is 0 Å². The first-order valence-electron chi connectivity index (χ1n) is 11.0. The Kier molecular flexibility index (Phi) is 7.04. The molecule has 1 aliphatic carbocycles. The zero-order valence-electron chi connectivity index (χ0n) is 17.4. The molecule has 4 nitrogen and oxygen atoms in total. The highest BCUT2D eigenvalue weighted by Gasteiger charge is 2.32. The lowest BCUT2D eigenvalue weighted by atomic mass is 9.77. The van der Waals surface area contributed by atoms with Crippen LogP contribution < -0.4 is 10.2 Å². The van der Waals surface area contributed by atoms with Crippen LogP contribution in [0.15, 0.2) is 41.1 Å². The monoisotopic (exact) mass is 496 g/mol. The number of rotatable bonds is 5. The van der Waals surface area contributed by atoms with E-state index in [1.165, 1.54) is 37.8 Å². The number of aromatic nitrogens is 2. The number of piperidine rings is 1. The molecule has 0 spiro atoms. The van der Waals surface area contributed by atoms with Crippen molar-refractivity contribution in [1.29, 1.82) is 0 Å². The summed E-state index contributed by atoms with van der Waals surface area (Å²) >= 11 is 3.37. The van der Waals surface area contributed by atoms with E-state index in [4.69, 9.17) is 0 Å². The number of nitrogens with one attached hydrogen (secondary N) is 1. The van der Waals surface area contributed by atoms with Gasteiger partial charge in [-0.3, -0.25) is 0 Å². The predicted molar refractivity (Wildman–Crippen MR) is 120 cm³/mol. The van der Waals surface area contributed by atoms with Gasteiger partial charge in [-0.05, 0) is 84.1 Å². The summed E-state index contributed by atoms with van der Waals surface area (Å²) < 4.78 is 39.5. The number of hydrogen-bond donors (Lipinski definition) is 1. The average Bonchev–Trinajstić information content (AvgIpc) is 2.76. The molecule has 0 amide bonds. The molecule has 1 aromatic heterocycles. The summed E-state index contributed by atoms with van der Waals surface area (Å²) in [5, 5.41) is 3.55. The molecule has 3 atom stereocenters. The Balaban J connectivity index is 1.37. The summed E-state index contributed by atoms with van der Waals surface area (Å²) in [6.45, 7) is 1.81. The Morgan fingerprint density at radius 3 is 2.42 bits per heavy atom. The third-order valence-corrected chi connectivity index (χ3v) is 6.97. The summed E-state index contributed by atoms with van der Waals surface area (Å²) in [6, 6.07) is 5.98. The van der Waals surface area contributed by atoms with Gasteiger partial charge in [-0.15, -0.1) is 0 Å². The Hall–Kier alpha value is -1.83.